The lowest BCUT2D eigenvalue weighted by atomic mass is 10.1. The van der Waals surface area contributed by atoms with Gasteiger partial charge in [-0.3, -0.25) is 9.69 Å². The van der Waals surface area contributed by atoms with Crippen molar-refractivity contribution >= 4 is 42.4 Å². The molecule has 1 amide bonds. The van der Waals surface area contributed by atoms with Crippen molar-refractivity contribution < 1.29 is 28.2 Å². The van der Waals surface area contributed by atoms with Crippen LogP contribution in [-0.4, -0.2) is 42.3 Å². The number of benzene rings is 3. The molecule has 0 saturated carbocycles. The topological polar surface area (TPSA) is 141 Å². The number of ether oxygens (including phenoxy) is 1. The first-order chi connectivity index (χ1) is 18.2. The van der Waals surface area contributed by atoms with E-state index >= 15 is 0 Å². The van der Waals surface area contributed by atoms with Gasteiger partial charge in [0.15, 0.2) is 15.0 Å². The second-order valence-electron chi connectivity index (χ2n) is 8.41. The zero-order valence-electron chi connectivity index (χ0n) is 20.7. The number of likely N-dealkylation sites (N-methyl/N-ethyl adjacent to an activating group) is 1. The Hall–Kier alpha value is -3.82. The lowest BCUT2D eigenvalue weighted by Gasteiger charge is -2.23. The average molecular weight is 552 g/mol. The van der Waals surface area contributed by atoms with Crippen LogP contribution in [0.5, 0.6) is 5.75 Å². The largest absolute Gasteiger partial charge is 0.476 e. The molecule has 196 valence electrons. The van der Waals surface area contributed by atoms with E-state index in [-0.39, 0.29) is 23.9 Å². The molecule has 0 spiro atoms. The molecule has 1 heterocycles. The third-order valence-electron chi connectivity index (χ3n) is 6.04. The maximum absolute atomic E-state index is 13.7. The molecule has 0 aliphatic heterocycles. The molecular formula is C27H25N3O6S2. The van der Waals surface area contributed by atoms with Crippen molar-refractivity contribution in [2.45, 2.75) is 31.1 Å². The Kier molecular flexibility index (Phi) is 8.08. The van der Waals surface area contributed by atoms with Crippen molar-refractivity contribution in [2.75, 3.05) is 17.7 Å². The number of hydrogen-bond acceptors (Lipinski definition) is 9. The van der Waals surface area contributed by atoms with Crippen LogP contribution in [0, 0.1) is 11.3 Å². The predicted molar refractivity (Wildman–Crippen MR) is 144 cm³/mol. The zero-order valence-corrected chi connectivity index (χ0v) is 22.3. The van der Waals surface area contributed by atoms with Gasteiger partial charge in [0.25, 0.3) is 5.91 Å². The van der Waals surface area contributed by atoms with Crippen LogP contribution in [0.2, 0.25) is 0 Å². The number of sulfone groups is 1. The highest BCUT2D eigenvalue weighted by Gasteiger charge is 2.29. The van der Waals surface area contributed by atoms with Crippen molar-refractivity contribution in [3.8, 4) is 11.8 Å². The fraction of sp³-hybridized carbons (Fsp3) is 0.222. The molecule has 1 unspecified atom stereocenters. The monoisotopic (exact) mass is 551 g/mol. The first-order valence-corrected chi connectivity index (χ1v) is 14.1. The minimum atomic E-state index is -3.42. The van der Waals surface area contributed by atoms with E-state index in [1.165, 1.54) is 28.4 Å². The summed E-state index contributed by atoms with van der Waals surface area (Å²) in [6.45, 7) is 1.07. The highest BCUT2D eigenvalue weighted by Crippen LogP contribution is 2.33. The summed E-state index contributed by atoms with van der Waals surface area (Å²) in [5, 5.41) is 28.7. The van der Waals surface area contributed by atoms with E-state index in [1.807, 2.05) is 6.07 Å². The van der Waals surface area contributed by atoms with Crippen molar-refractivity contribution in [1.29, 1.82) is 5.26 Å². The van der Waals surface area contributed by atoms with Crippen LogP contribution in [0.4, 0.5) is 5.13 Å². The molecule has 0 saturated heterocycles. The minimum Gasteiger partial charge on any atom is -0.476 e. The fourth-order valence-electron chi connectivity index (χ4n) is 3.78. The zero-order chi connectivity index (χ0) is 27.4. The van der Waals surface area contributed by atoms with Crippen LogP contribution in [-0.2, 0) is 27.8 Å². The second-order valence-corrected chi connectivity index (χ2v) is 11.7. The Morgan fingerprint density at radius 1 is 1.08 bits per heavy atom. The molecule has 0 aliphatic rings. The Labute approximate surface area is 224 Å². The number of aliphatic hydroxyl groups is 2. The number of carbonyl (C=O) groups excluding carboxylic acids is 1. The highest BCUT2D eigenvalue weighted by molar-refractivity contribution is 7.91. The number of aliphatic hydroxyl groups excluding tert-OH is 2. The van der Waals surface area contributed by atoms with Gasteiger partial charge < -0.3 is 14.9 Å². The van der Waals surface area contributed by atoms with Crippen LogP contribution in [0.3, 0.4) is 0 Å². The summed E-state index contributed by atoms with van der Waals surface area (Å²) in [5.41, 5.74) is 2.57. The molecular weight excluding hydrogens is 526 g/mol. The Morgan fingerprint density at radius 2 is 1.71 bits per heavy atom. The molecule has 0 fully saturated rings. The number of nitrogens with zero attached hydrogens (tertiary/aromatic N) is 3. The van der Waals surface area contributed by atoms with Crippen LogP contribution in [0.15, 0.2) is 65.6 Å². The number of rotatable bonds is 9. The number of hydrogen-bond donors (Lipinski definition) is 2. The number of nitriles is 1. The molecule has 0 bridgehead atoms. The number of fused-ring (bicyclic) bond motifs is 1. The summed E-state index contributed by atoms with van der Waals surface area (Å²) in [7, 11) is -1.86. The van der Waals surface area contributed by atoms with E-state index in [4.69, 9.17) is 10.00 Å². The molecule has 0 radical (unpaired) electrons. The Bertz CT molecular complexity index is 1570. The van der Waals surface area contributed by atoms with E-state index in [0.717, 1.165) is 4.70 Å². The summed E-state index contributed by atoms with van der Waals surface area (Å²) in [6.07, 6.45) is -1.14. The van der Waals surface area contributed by atoms with E-state index in [1.54, 1.807) is 62.5 Å². The fourth-order valence-corrected chi connectivity index (χ4v) is 5.64. The molecule has 3 aromatic carbocycles. The van der Waals surface area contributed by atoms with Gasteiger partial charge in [0.05, 0.1) is 45.7 Å². The predicted octanol–water partition coefficient (Wildman–Crippen LogP) is 3.73. The molecule has 11 heteroatoms. The van der Waals surface area contributed by atoms with Crippen molar-refractivity contribution in [3.05, 3.63) is 82.9 Å². The number of thiazole rings is 1. The first-order valence-electron chi connectivity index (χ1n) is 11.6. The standard InChI is InChI=1S/C27H25N3O6S2/c1-3-38(34,35)22-10-6-18(7-11-22)25(36-21-8-4-17(14-28)5-9-21)26(33)30(2)27-29-23-12-19(15-31)20(16-32)13-24(23)37-27/h4-13,25,31-32H,3,15-16H2,1-2H3. The summed E-state index contributed by atoms with van der Waals surface area (Å²) in [4.78, 5) is 19.8. The SMILES string of the molecule is CCS(=O)(=O)c1ccc(C(Oc2ccc(C#N)cc2)C(=O)N(C)c2nc3cc(CO)c(CO)cc3s2)cc1. The molecule has 4 aromatic rings. The van der Waals surface area contributed by atoms with Crippen molar-refractivity contribution in [3.63, 3.8) is 0 Å². The van der Waals surface area contributed by atoms with Gasteiger partial charge in [-0.2, -0.15) is 5.26 Å². The summed E-state index contributed by atoms with van der Waals surface area (Å²) in [6, 6.07) is 17.7. The summed E-state index contributed by atoms with van der Waals surface area (Å²) < 4.78 is 31.3. The van der Waals surface area contributed by atoms with Crippen LogP contribution < -0.4 is 9.64 Å². The first kappa shape index (κ1) is 27.2. The lowest BCUT2D eigenvalue weighted by Crippen LogP contribution is -2.34. The highest BCUT2D eigenvalue weighted by atomic mass is 32.2. The van der Waals surface area contributed by atoms with Crippen molar-refractivity contribution in [1.82, 2.24) is 4.98 Å². The summed E-state index contributed by atoms with van der Waals surface area (Å²) >= 11 is 1.25. The molecule has 0 aliphatic carbocycles. The minimum absolute atomic E-state index is 0.0488. The van der Waals surface area contributed by atoms with Gasteiger partial charge in [-0.1, -0.05) is 30.4 Å². The second kappa shape index (κ2) is 11.3. The van der Waals surface area contributed by atoms with E-state index in [2.05, 4.69) is 4.98 Å². The number of carbonyl (C=O) groups is 1. The van der Waals surface area contributed by atoms with Gasteiger partial charge in [-0.15, -0.1) is 0 Å². The van der Waals surface area contributed by atoms with Crippen molar-refractivity contribution in [2.24, 2.45) is 0 Å². The maximum Gasteiger partial charge on any atom is 0.274 e. The van der Waals surface area contributed by atoms with Gasteiger partial charge in [0, 0.05) is 12.6 Å². The van der Waals surface area contributed by atoms with E-state index < -0.39 is 21.8 Å². The molecule has 9 nitrogen and oxygen atoms in total. The average Bonchev–Trinajstić information content (AvgIpc) is 3.37. The number of aromatic nitrogens is 1. The normalized spacial score (nSPS) is 12.2. The maximum atomic E-state index is 13.7. The third kappa shape index (κ3) is 5.54. The van der Waals surface area contributed by atoms with Gasteiger partial charge in [-0.25, -0.2) is 13.4 Å². The smallest absolute Gasteiger partial charge is 0.274 e. The molecule has 1 atom stereocenters. The third-order valence-corrected chi connectivity index (χ3v) is 8.89. The Morgan fingerprint density at radius 3 is 2.29 bits per heavy atom. The summed E-state index contributed by atoms with van der Waals surface area (Å²) in [5.74, 6) is -0.151. The van der Waals surface area contributed by atoms with Gasteiger partial charge in [0.2, 0.25) is 6.10 Å². The molecule has 2 N–H and O–H groups in total. The van der Waals surface area contributed by atoms with Gasteiger partial charge in [-0.05, 0) is 59.7 Å². The quantitative estimate of drug-likeness (QED) is 0.321. The van der Waals surface area contributed by atoms with E-state index in [9.17, 15) is 23.4 Å². The molecule has 1 aromatic heterocycles. The molecule has 38 heavy (non-hydrogen) atoms. The Balaban J connectivity index is 1.71. The molecule has 4 rings (SSSR count). The number of amides is 1. The van der Waals surface area contributed by atoms with Crippen LogP contribution in [0.1, 0.15) is 35.3 Å². The lowest BCUT2D eigenvalue weighted by molar-refractivity contribution is -0.125. The van der Waals surface area contributed by atoms with Crippen LogP contribution in [0.25, 0.3) is 10.2 Å². The number of anilines is 1. The van der Waals surface area contributed by atoms with Gasteiger partial charge in [0.1, 0.15) is 5.75 Å². The van der Waals surface area contributed by atoms with Crippen LogP contribution >= 0.6 is 11.3 Å². The van der Waals surface area contributed by atoms with E-state index in [0.29, 0.717) is 38.7 Å². The van der Waals surface area contributed by atoms with Gasteiger partial charge >= 0.3 is 0 Å².